The van der Waals surface area contributed by atoms with Crippen LogP contribution >= 0.6 is 0 Å². The molecule has 0 amide bonds. The normalized spacial score (nSPS) is 18.8. The molecular weight excluding hydrogens is 466 g/mol. The SMILES string of the molecule is COc1cc([C@@H]2C3=C(C[C@H](c4ccc(C)cc4)CC3=O)Nc3nc4ccccc4n32)cc(OC)c1OC. The van der Waals surface area contributed by atoms with Crippen LogP contribution in [0.3, 0.4) is 0 Å². The summed E-state index contributed by atoms with van der Waals surface area (Å²) in [5.41, 5.74) is 6.74. The fourth-order valence-corrected chi connectivity index (χ4v) is 5.67. The first-order valence-electron chi connectivity index (χ1n) is 12.4. The number of carbonyl (C=O) groups excluding carboxylic acids is 1. The van der Waals surface area contributed by atoms with Crippen LogP contribution < -0.4 is 19.5 Å². The van der Waals surface area contributed by atoms with Gasteiger partial charge in [-0.05, 0) is 54.7 Å². The second kappa shape index (κ2) is 9.00. The average Bonchev–Trinajstić information content (AvgIpc) is 3.29. The molecule has 188 valence electrons. The highest BCUT2D eigenvalue weighted by Gasteiger charge is 2.40. The van der Waals surface area contributed by atoms with Crippen LogP contribution in [0.5, 0.6) is 17.2 Å². The van der Waals surface area contributed by atoms with E-state index in [1.165, 1.54) is 11.1 Å². The summed E-state index contributed by atoms with van der Waals surface area (Å²) in [6, 6.07) is 19.9. The summed E-state index contributed by atoms with van der Waals surface area (Å²) in [4.78, 5) is 18.8. The number of imidazole rings is 1. The molecule has 0 spiro atoms. The first-order valence-corrected chi connectivity index (χ1v) is 12.4. The maximum atomic E-state index is 13.9. The largest absolute Gasteiger partial charge is 0.493 e. The topological polar surface area (TPSA) is 74.6 Å². The lowest BCUT2D eigenvalue weighted by molar-refractivity contribution is -0.116. The lowest BCUT2D eigenvalue weighted by atomic mass is 9.77. The summed E-state index contributed by atoms with van der Waals surface area (Å²) >= 11 is 0. The number of anilines is 1. The van der Waals surface area contributed by atoms with Gasteiger partial charge in [0.2, 0.25) is 11.7 Å². The van der Waals surface area contributed by atoms with Crippen LogP contribution in [0.1, 0.15) is 41.5 Å². The molecule has 7 nitrogen and oxygen atoms in total. The van der Waals surface area contributed by atoms with E-state index in [1.54, 1.807) is 21.3 Å². The molecule has 1 aliphatic heterocycles. The Kier molecular flexibility index (Phi) is 5.63. The van der Waals surface area contributed by atoms with Crippen molar-refractivity contribution in [2.75, 3.05) is 26.6 Å². The van der Waals surface area contributed by atoms with E-state index in [0.717, 1.165) is 40.2 Å². The average molecular weight is 496 g/mol. The Bertz CT molecular complexity index is 1530. The predicted molar refractivity (Wildman–Crippen MR) is 143 cm³/mol. The van der Waals surface area contributed by atoms with Gasteiger partial charge in [-0.2, -0.15) is 0 Å². The Labute approximate surface area is 215 Å². The zero-order valence-electron chi connectivity index (χ0n) is 21.4. The minimum Gasteiger partial charge on any atom is -0.493 e. The second-order valence-electron chi connectivity index (χ2n) is 9.61. The first kappa shape index (κ1) is 23.2. The smallest absolute Gasteiger partial charge is 0.209 e. The number of hydrogen-bond acceptors (Lipinski definition) is 6. The van der Waals surface area contributed by atoms with Gasteiger partial charge in [0.1, 0.15) is 0 Å². The maximum absolute atomic E-state index is 13.9. The van der Waals surface area contributed by atoms with E-state index in [1.807, 2.05) is 36.4 Å². The highest BCUT2D eigenvalue weighted by atomic mass is 16.5. The molecule has 2 aliphatic rings. The molecule has 2 heterocycles. The molecule has 37 heavy (non-hydrogen) atoms. The predicted octanol–water partition coefficient (Wildman–Crippen LogP) is 5.79. The van der Waals surface area contributed by atoms with E-state index in [0.29, 0.717) is 23.7 Å². The van der Waals surface area contributed by atoms with Gasteiger partial charge in [-0.15, -0.1) is 0 Å². The van der Waals surface area contributed by atoms with E-state index < -0.39 is 0 Å². The van der Waals surface area contributed by atoms with Crippen molar-refractivity contribution >= 4 is 22.8 Å². The van der Waals surface area contributed by atoms with Crippen molar-refractivity contribution in [2.24, 2.45) is 0 Å². The molecule has 0 radical (unpaired) electrons. The van der Waals surface area contributed by atoms with Crippen molar-refractivity contribution in [1.82, 2.24) is 9.55 Å². The van der Waals surface area contributed by atoms with Crippen LogP contribution in [0.25, 0.3) is 11.0 Å². The van der Waals surface area contributed by atoms with Crippen molar-refractivity contribution in [3.05, 3.63) is 88.6 Å². The van der Waals surface area contributed by atoms with Gasteiger partial charge in [0.25, 0.3) is 0 Å². The first-order chi connectivity index (χ1) is 18.0. The fourth-order valence-electron chi connectivity index (χ4n) is 5.67. The quantitative estimate of drug-likeness (QED) is 0.378. The second-order valence-corrected chi connectivity index (χ2v) is 9.61. The molecule has 0 bridgehead atoms. The minimum atomic E-state index is -0.390. The minimum absolute atomic E-state index is 0.107. The molecule has 4 aromatic rings. The van der Waals surface area contributed by atoms with Crippen LogP contribution in [0, 0.1) is 6.92 Å². The monoisotopic (exact) mass is 495 g/mol. The van der Waals surface area contributed by atoms with Crippen LogP contribution in [0.15, 0.2) is 71.9 Å². The molecule has 0 saturated carbocycles. The van der Waals surface area contributed by atoms with Crippen LogP contribution in [0.2, 0.25) is 0 Å². The van der Waals surface area contributed by atoms with E-state index in [4.69, 9.17) is 19.2 Å². The molecule has 1 aromatic heterocycles. The molecule has 3 aromatic carbocycles. The van der Waals surface area contributed by atoms with Crippen molar-refractivity contribution in [1.29, 1.82) is 0 Å². The highest BCUT2D eigenvalue weighted by molar-refractivity contribution is 6.01. The van der Waals surface area contributed by atoms with Gasteiger partial charge in [0.15, 0.2) is 17.3 Å². The third kappa shape index (κ3) is 3.73. The van der Waals surface area contributed by atoms with Gasteiger partial charge < -0.3 is 19.5 Å². The number of hydrogen-bond donors (Lipinski definition) is 1. The fraction of sp³-hybridized carbons (Fsp3) is 0.267. The molecule has 0 saturated heterocycles. The molecule has 0 fully saturated rings. The van der Waals surface area contributed by atoms with Crippen molar-refractivity contribution in [2.45, 2.75) is 31.7 Å². The highest BCUT2D eigenvalue weighted by Crippen LogP contribution is 2.48. The van der Waals surface area contributed by atoms with Crippen molar-refractivity contribution in [3.8, 4) is 17.2 Å². The zero-order chi connectivity index (χ0) is 25.7. The van der Waals surface area contributed by atoms with Crippen molar-refractivity contribution in [3.63, 3.8) is 0 Å². The summed E-state index contributed by atoms with van der Waals surface area (Å²) in [7, 11) is 4.79. The number of benzene rings is 3. The van der Waals surface area contributed by atoms with Gasteiger partial charge in [-0.3, -0.25) is 9.36 Å². The van der Waals surface area contributed by atoms with Gasteiger partial charge in [0.05, 0.1) is 38.4 Å². The Morgan fingerprint density at radius 3 is 2.27 bits per heavy atom. The molecule has 7 heteroatoms. The number of fused-ring (bicyclic) bond motifs is 3. The number of methoxy groups -OCH3 is 3. The molecule has 6 rings (SSSR count). The number of ether oxygens (including phenoxy) is 3. The van der Waals surface area contributed by atoms with E-state index in [2.05, 4.69) is 41.1 Å². The van der Waals surface area contributed by atoms with Gasteiger partial charge >= 0.3 is 0 Å². The number of nitrogens with zero attached hydrogens (tertiary/aromatic N) is 2. The van der Waals surface area contributed by atoms with Gasteiger partial charge in [-0.1, -0.05) is 42.0 Å². The number of aryl methyl sites for hydroxylation is 1. The molecule has 0 unspecified atom stereocenters. The third-order valence-corrected chi connectivity index (χ3v) is 7.45. The Morgan fingerprint density at radius 2 is 1.59 bits per heavy atom. The van der Waals surface area contributed by atoms with E-state index in [9.17, 15) is 4.79 Å². The number of rotatable bonds is 5. The lowest BCUT2D eigenvalue weighted by Gasteiger charge is -2.36. The molecule has 1 aliphatic carbocycles. The molecule has 1 N–H and O–H groups in total. The van der Waals surface area contributed by atoms with Crippen LogP contribution in [-0.2, 0) is 4.79 Å². The number of ketones is 1. The van der Waals surface area contributed by atoms with Crippen LogP contribution in [0.4, 0.5) is 5.95 Å². The standard InChI is InChI=1S/C30H29N3O4/c1-17-9-11-18(12-10-17)19-13-22-27(24(34)14-19)28(20-15-25(35-2)29(37-4)26(16-20)36-3)33-23-8-6-5-7-21(23)31-30(33)32-22/h5-12,15-16,19,28H,13-14H2,1-4H3,(H,31,32)/t19-,28+/m0/s1. The third-order valence-electron chi connectivity index (χ3n) is 7.45. The maximum Gasteiger partial charge on any atom is 0.209 e. The van der Waals surface area contributed by atoms with Crippen molar-refractivity contribution < 1.29 is 19.0 Å². The number of carbonyl (C=O) groups is 1. The number of allylic oxidation sites excluding steroid dienone is 2. The van der Waals surface area contributed by atoms with Gasteiger partial charge in [0, 0.05) is 17.7 Å². The number of nitrogens with one attached hydrogen (secondary N) is 1. The summed E-state index contributed by atoms with van der Waals surface area (Å²) in [6.45, 7) is 2.08. The molecule has 2 atom stereocenters. The number of aromatic nitrogens is 2. The lowest BCUT2D eigenvalue weighted by Crippen LogP contribution is -2.33. The number of Topliss-reactive ketones (excluding diaryl/α,β-unsaturated/α-hetero) is 1. The molecular formula is C30H29N3O4. The van der Waals surface area contributed by atoms with Crippen LogP contribution in [-0.4, -0.2) is 36.7 Å². The van der Waals surface area contributed by atoms with E-state index >= 15 is 0 Å². The zero-order valence-corrected chi connectivity index (χ0v) is 21.4. The number of para-hydroxylation sites is 2. The van der Waals surface area contributed by atoms with E-state index in [-0.39, 0.29) is 17.7 Å². The Morgan fingerprint density at radius 1 is 0.892 bits per heavy atom. The summed E-state index contributed by atoms with van der Waals surface area (Å²) < 4.78 is 19.0. The van der Waals surface area contributed by atoms with Gasteiger partial charge in [-0.25, -0.2) is 4.98 Å². The Balaban J connectivity index is 1.55. The summed E-state index contributed by atoms with van der Waals surface area (Å²) in [6.07, 6.45) is 1.18. The Hall–Kier alpha value is -4.26. The summed E-state index contributed by atoms with van der Waals surface area (Å²) in [5, 5.41) is 3.53. The summed E-state index contributed by atoms with van der Waals surface area (Å²) in [5.74, 6) is 2.56.